The lowest BCUT2D eigenvalue weighted by Crippen LogP contribution is -1.91. The maximum absolute atomic E-state index is 10.8. The van der Waals surface area contributed by atoms with Gasteiger partial charge in [-0.05, 0) is 31.5 Å². The zero-order valence-corrected chi connectivity index (χ0v) is 10.2. The van der Waals surface area contributed by atoms with Gasteiger partial charge in [0.05, 0.1) is 11.0 Å². The molecule has 0 bridgehead atoms. The van der Waals surface area contributed by atoms with E-state index in [1.165, 1.54) is 5.56 Å². The molecule has 2 aromatic rings. The fraction of sp³-hybridized carbons (Fsp3) is 0.333. The van der Waals surface area contributed by atoms with E-state index >= 15 is 0 Å². The quantitative estimate of drug-likeness (QED) is 0.827. The average molecular weight is 234 g/mol. The van der Waals surface area contributed by atoms with Crippen molar-refractivity contribution < 1.29 is 4.79 Å². The van der Waals surface area contributed by atoms with Gasteiger partial charge in [-0.2, -0.15) is 0 Å². The minimum Gasteiger partial charge on any atom is -0.333 e. The van der Waals surface area contributed by atoms with Crippen molar-refractivity contribution >= 4 is 28.6 Å². The minimum atomic E-state index is 0.222. The second-order valence-corrected chi connectivity index (χ2v) is 4.95. The molecular weight excluding hydrogens is 220 g/mol. The topological polar surface area (TPSA) is 45.8 Å². The Kier molecular flexibility index (Phi) is 3.29. The molecule has 1 heterocycles. The van der Waals surface area contributed by atoms with E-state index in [4.69, 9.17) is 0 Å². The van der Waals surface area contributed by atoms with E-state index in [1.54, 1.807) is 18.7 Å². The number of nitrogens with zero attached hydrogens (tertiary/aromatic N) is 1. The van der Waals surface area contributed by atoms with Crippen LogP contribution >= 0.6 is 11.8 Å². The molecule has 2 rings (SSSR count). The Bertz CT molecular complexity index is 519. The van der Waals surface area contributed by atoms with Gasteiger partial charge in [-0.3, -0.25) is 4.79 Å². The number of benzene rings is 1. The number of hydrogen-bond acceptors (Lipinski definition) is 3. The normalized spacial score (nSPS) is 10.9. The van der Waals surface area contributed by atoms with E-state index in [0.717, 1.165) is 21.9 Å². The van der Waals surface area contributed by atoms with Gasteiger partial charge in [0.15, 0.2) is 5.16 Å². The number of ketones is 1. The van der Waals surface area contributed by atoms with Crippen LogP contribution in [0.4, 0.5) is 0 Å². The smallest absolute Gasteiger partial charge is 0.166 e. The van der Waals surface area contributed by atoms with Crippen LogP contribution in [-0.4, -0.2) is 21.5 Å². The van der Waals surface area contributed by atoms with Crippen molar-refractivity contribution in [2.24, 2.45) is 0 Å². The zero-order chi connectivity index (χ0) is 11.5. The third-order valence-corrected chi connectivity index (χ3v) is 3.18. The molecule has 16 heavy (non-hydrogen) atoms. The van der Waals surface area contributed by atoms with Crippen molar-refractivity contribution in [1.82, 2.24) is 9.97 Å². The van der Waals surface area contributed by atoms with Gasteiger partial charge in [-0.25, -0.2) is 4.98 Å². The number of nitrogens with one attached hydrogen (secondary N) is 1. The molecule has 0 unspecified atom stereocenters. The maximum atomic E-state index is 10.8. The van der Waals surface area contributed by atoms with Crippen molar-refractivity contribution in [2.75, 3.05) is 5.75 Å². The summed E-state index contributed by atoms with van der Waals surface area (Å²) in [7, 11) is 0. The molecule has 0 radical (unpaired) electrons. The van der Waals surface area contributed by atoms with Crippen LogP contribution in [0.5, 0.6) is 0 Å². The molecule has 0 aliphatic carbocycles. The highest BCUT2D eigenvalue weighted by Crippen LogP contribution is 2.20. The lowest BCUT2D eigenvalue weighted by Gasteiger charge is -1.93. The monoisotopic (exact) mass is 234 g/mol. The standard InChI is InChI=1S/C12H14N2OS/c1-8-3-4-10-11(7-8)14-12(13-10)16-6-5-9(2)15/h3-4,7H,5-6H2,1-2H3,(H,13,14). The highest BCUT2D eigenvalue weighted by atomic mass is 32.2. The Morgan fingerprint density at radius 2 is 2.31 bits per heavy atom. The third kappa shape index (κ3) is 2.64. The highest BCUT2D eigenvalue weighted by molar-refractivity contribution is 7.99. The number of thioether (sulfide) groups is 1. The highest BCUT2D eigenvalue weighted by Gasteiger charge is 2.03. The summed E-state index contributed by atoms with van der Waals surface area (Å²) in [4.78, 5) is 18.5. The molecule has 0 saturated heterocycles. The van der Waals surface area contributed by atoms with Crippen molar-refractivity contribution in [2.45, 2.75) is 25.4 Å². The van der Waals surface area contributed by atoms with Gasteiger partial charge in [0.2, 0.25) is 0 Å². The number of carbonyl (C=O) groups is 1. The summed E-state index contributed by atoms with van der Waals surface area (Å²) in [6.07, 6.45) is 0.598. The molecule has 3 nitrogen and oxygen atoms in total. The summed E-state index contributed by atoms with van der Waals surface area (Å²) in [6.45, 7) is 3.67. The third-order valence-electron chi connectivity index (χ3n) is 2.31. The van der Waals surface area contributed by atoms with Gasteiger partial charge in [-0.1, -0.05) is 17.8 Å². The molecule has 1 aromatic heterocycles. The predicted molar refractivity (Wildman–Crippen MR) is 66.9 cm³/mol. The fourth-order valence-corrected chi connectivity index (χ4v) is 2.39. The lowest BCUT2D eigenvalue weighted by atomic mass is 10.2. The fourth-order valence-electron chi connectivity index (χ4n) is 1.46. The molecule has 0 amide bonds. The van der Waals surface area contributed by atoms with Crippen molar-refractivity contribution in [1.29, 1.82) is 0 Å². The Morgan fingerprint density at radius 3 is 3.06 bits per heavy atom. The summed E-state index contributed by atoms with van der Waals surface area (Å²) >= 11 is 1.59. The van der Waals surface area contributed by atoms with Crippen molar-refractivity contribution in [3.63, 3.8) is 0 Å². The van der Waals surface area contributed by atoms with Gasteiger partial charge >= 0.3 is 0 Å². The van der Waals surface area contributed by atoms with Crippen molar-refractivity contribution in [3.05, 3.63) is 23.8 Å². The molecule has 4 heteroatoms. The van der Waals surface area contributed by atoms with Crippen LogP contribution in [0.3, 0.4) is 0 Å². The summed E-state index contributed by atoms with van der Waals surface area (Å²) in [5.41, 5.74) is 3.26. The predicted octanol–water partition coefficient (Wildman–Crippen LogP) is 2.94. The zero-order valence-electron chi connectivity index (χ0n) is 9.41. The summed E-state index contributed by atoms with van der Waals surface area (Å²) in [5, 5.41) is 0.891. The molecule has 1 N–H and O–H groups in total. The first-order chi connectivity index (χ1) is 7.65. The number of H-pyrrole nitrogens is 1. The van der Waals surface area contributed by atoms with E-state index < -0.39 is 0 Å². The van der Waals surface area contributed by atoms with Crippen LogP contribution < -0.4 is 0 Å². The summed E-state index contributed by atoms with van der Waals surface area (Å²) in [5.74, 6) is 1.01. The van der Waals surface area contributed by atoms with Gasteiger partial charge < -0.3 is 4.98 Å². The first-order valence-corrected chi connectivity index (χ1v) is 6.22. The van der Waals surface area contributed by atoms with Crippen LogP contribution in [0.1, 0.15) is 18.9 Å². The largest absolute Gasteiger partial charge is 0.333 e. The number of rotatable bonds is 4. The SMILES string of the molecule is CC(=O)CCSc1nc2ccc(C)cc2[nH]1. The summed E-state index contributed by atoms with van der Waals surface area (Å²) in [6, 6.07) is 6.14. The van der Waals surface area contributed by atoms with Crippen LogP contribution in [-0.2, 0) is 4.79 Å². The van der Waals surface area contributed by atoms with Gasteiger partial charge in [0.1, 0.15) is 5.78 Å². The van der Waals surface area contributed by atoms with Crippen LogP contribution in [0.25, 0.3) is 11.0 Å². The Balaban J connectivity index is 2.10. The first kappa shape index (κ1) is 11.2. The van der Waals surface area contributed by atoms with Gasteiger partial charge in [0.25, 0.3) is 0 Å². The summed E-state index contributed by atoms with van der Waals surface area (Å²) < 4.78 is 0. The average Bonchev–Trinajstić information content (AvgIpc) is 2.58. The number of fused-ring (bicyclic) bond motifs is 1. The van der Waals surface area contributed by atoms with Gasteiger partial charge in [-0.15, -0.1) is 0 Å². The Labute approximate surface area is 98.7 Å². The molecule has 0 fully saturated rings. The molecular formula is C12H14N2OS. The minimum absolute atomic E-state index is 0.222. The van der Waals surface area contributed by atoms with E-state index in [0.29, 0.717) is 6.42 Å². The number of imidazole rings is 1. The molecule has 0 saturated carbocycles. The van der Waals surface area contributed by atoms with Crippen LogP contribution in [0.2, 0.25) is 0 Å². The molecule has 0 aliphatic heterocycles. The Morgan fingerprint density at radius 1 is 1.50 bits per heavy atom. The number of aromatic nitrogens is 2. The van der Waals surface area contributed by atoms with E-state index in [1.807, 2.05) is 12.1 Å². The second-order valence-electron chi connectivity index (χ2n) is 3.86. The van der Waals surface area contributed by atoms with E-state index in [9.17, 15) is 4.79 Å². The lowest BCUT2D eigenvalue weighted by molar-refractivity contribution is -0.116. The number of aromatic amines is 1. The molecule has 1 aromatic carbocycles. The second kappa shape index (κ2) is 4.70. The number of Topliss-reactive ketones (excluding diaryl/α,β-unsaturated/α-hetero) is 1. The maximum Gasteiger partial charge on any atom is 0.166 e. The molecule has 0 spiro atoms. The Hall–Kier alpha value is -1.29. The van der Waals surface area contributed by atoms with Crippen LogP contribution in [0.15, 0.2) is 23.4 Å². The molecule has 84 valence electrons. The first-order valence-electron chi connectivity index (χ1n) is 5.24. The number of hydrogen-bond donors (Lipinski definition) is 1. The van der Waals surface area contributed by atoms with Crippen molar-refractivity contribution in [3.8, 4) is 0 Å². The number of aryl methyl sites for hydroxylation is 1. The van der Waals surface area contributed by atoms with E-state index in [2.05, 4.69) is 23.0 Å². The van der Waals surface area contributed by atoms with Gasteiger partial charge in [0, 0.05) is 12.2 Å². The molecule has 0 atom stereocenters. The molecule has 0 aliphatic rings. The van der Waals surface area contributed by atoms with E-state index in [-0.39, 0.29) is 5.78 Å². The number of carbonyl (C=O) groups excluding carboxylic acids is 1. The van der Waals surface area contributed by atoms with Crippen LogP contribution in [0, 0.1) is 6.92 Å².